The second-order valence-electron chi connectivity index (χ2n) is 6.34. The number of benzene rings is 3. The van der Waals surface area contributed by atoms with E-state index in [1.165, 1.54) is 6.07 Å². The predicted molar refractivity (Wildman–Crippen MR) is 109 cm³/mol. The van der Waals surface area contributed by atoms with E-state index in [2.05, 4.69) is 10.6 Å². The zero-order chi connectivity index (χ0) is 20.5. The lowest BCUT2D eigenvalue weighted by Gasteiger charge is -2.20. The van der Waals surface area contributed by atoms with E-state index < -0.39 is 11.9 Å². The maximum atomic E-state index is 13.8. The van der Waals surface area contributed by atoms with Gasteiger partial charge in [-0.05, 0) is 23.8 Å². The van der Waals surface area contributed by atoms with Crippen molar-refractivity contribution < 1.29 is 18.7 Å². The molecule has 0 saturated carbocycles. The van der Waals surface area contributed by atoms with E-state index in [-0.39, 0.29) is 18.4 Å². The molecule has 0 spiro atoms. The predicted octanol–water partition coefficient (Wildman–Crippen LogP) is 4.45. The summed E-state index contributed by atoms with van der Waals surface area (Å²) in [5.41, 5.74) is 1.72. The van der Waals surface area contributed by atoms with E-state index in [0.717, 1.165) is 11.1 Å². The standard InChI is InChI=1S/C23H23FN2O3/c1-28-21-13-7-5-11-18(21)15-25-23(27)26-20(17-9-3-2-4-10-17)16-29-22-14-8-6-12-19(22)24/h2-14,20H,15-16H2,1H3,(H2,25,26,27). The van der Waals surface area contributed by atoms with Crippen molar-refractivity contribution in [3.05, 3.63) is 95.8 Å². The van der Waals surface area contributed by atoms with Crippen LogP contribution in [0.2, 0.25) is 0 Å². The number of urea groups is 1. The van der Waals surface area contributed by atoms with Gasteiger partial charge in [0.05, 0.1) is 13.2 Å². The summed E-state index contributed by atoms with van der Waals surface area (Å²) in [6, 6.07) is 22.3. The third kappa shape index (κ3) is 5.72. The number of nitrogens with one attached hydrogen (secondary N) is 2. The Balaban J connectivity index is 1.65. The fourth-order valence-electron chi connectivity index (χ4n) is 2.88. The second kappa shape index (κ2) is 10.1. The van der Waals surface area contributed by atoms with Crippen molar-refractivity contribution in [2.24, 2.45) is 0 Å². The van der Waals surface area contributed by atoms with E-state index in [1.54, 1.807) is 25.3 Å². The van der Waals surface area contributed by atoms with E-state index in [4.69, 9.17) is 9.47 Å². The lowest BCUT2D eigenvalue weighted by Crippen LogP contribution is -2.39. The van der Waals surface area contributed by atoms with Gasteiger partial charge in [-0.15, -0.1) is 0 Å². The number of hydrogen-bond acceptors (Lipinski definition) is 3. The molecule has 1 unspecified atom stereocenters. The molecule has 0 fully saturated rings. The number of hydrogen-bond donors (Lipinski definition) is 2. The van der Waals surface area contributed by atoms with Gasteiger partial charge < -0.3 is 20.1 Å². The number of para-hydroxylation sites is 2. The van der Waals surface area contributed by atoms with Gasteiger partial charge in [-0.3, -0.25) is 0 Å². The largest absolute Gasteiger partial charge is 0.496 e. The average Bonchev–Trinajstić information content (AvgIpc) is 2.77. The van der Waals surface area contributed by atoms with Crippen molar-refractivity contribution in [3.63, 3.8) is 0 Å². The van der Waals surface area contributed by atoms with Crippen LogP contribution in [0, 0.1) is 5.82 Å². The maximum absolute atomic E-state index is 13.8. The number of carbonyl (C=O) groups is 1. The summed E-state index contributed by atoms with van der Waals surface area (Å²) in [4.78, 5) is 12.5. The summed E-state index contributed by atoms with van der Waals surface area (Å²) in [5.74, 6) is 0.403. The van der Waals surface area contributed by atoms with Crippen LogP contribution < -0.4 is 20.1 Å². The van der Waals surface area contributed by atoms with Crippen molar-refractivity contribution in [1.29, 1.82) is 0 Å². The molecule has 0 aromatic heterocycles. The van der Waals surface area contributed by atoms with Crippen molar-refractivity contribution >= 4 is 6.03 Å². The number of rotatable bonds is 8. The van der Waals surface area contributed by atoms with Gasteiger partial charge in [0.15, 0.2) is 11.6 Å². The van der Waals surface area contributed by atoms with Crippen LogP contribution in [0.15, 0.2) is 78.9 Å². The summed E-state index contributed by atoms with van der Waals surface area (Å²) in [6.45, 7) is 0.401. The minimum atomic E-state index is -0.450. The highest BCUT2D eigenvalue weighted by Crippen LogP contribution is 2.20. The molecule has 3 aromatic carbocycles. The molecule has 0 saturated heterocycles. The van der Waals surface area contributed by atoms with Gasteiger partial charge in [0, 0.05) is 12.1 Å². The first kappa shape index (κ1) is 20.2. The van der Waals surface area contributed by atoms with E-state index in [1.807, 2.05) is 54.6 Å². The maximum Gasteiger partial charge on any atom is 0.315 e. The monoisotopic (exact) mass is 394 g/mol. The topological polar surface area (TPSA) is 59.6 Å². The fraction of sp³-hybridized carbons (Fsp3) is 0.174. The first-order valence-corrected chi connectivity index (χ1v) is 9.26. The van der Waals surface area contributed by atoms with Crippen molar-refractivity contribution in [1.82, 2.24) is 10.6 Å². The minimum absolute atomic E-state index is 0.0903. The first-order valence-electron chi connectivity index (χ1n) is 9.26. The summed E-state index contributed by atoms with van der Waals surface area (Å²) in [7, 11) is 1.59. The molecular formula is C23H23FN2O3. The van der Waals surface area contributed by atoms with Crippen LogP contribution in [0.25, 0.3) is 0 Å². The highest BCUT2D eigenvalue weighted by atomic mass is 19.1. The summed E-state index contributed by atoms with van der Waals surface area (Å²) >= 11 is 0. The minimum Gasteiger partial charge on any atom is -0.496 e. The molecule has 29 heavy (non-hydrogen) atoms. The lowest BCUT2D eigenvalue weighted by molar-refractivity contribution is 0.221. The Bertz CT molecular complexity index is 934. The van der Waals surface area contributed by atoms with Gasteiger partial charge in [0.1, 0.15) is 12.4 Å². The normalized spacial score (nSPS) is 11.4. The van der Waals surface area contributed by atoms with Crippen LogP contribution in [-0.2, 0) is 6.54 Å². The van der Waals surface area contributed by atoms with Crippen molar-refractivity contribution in [3.8, 4) is 11.5 Å². The molecule has 150 valence electrons. The Kier molecular flexibility index (Phi) is 7.05. The number of ether oxygens (including phenoxy) is 2. The molecule has 2 N–H and O–H groups in total. The van der Waals surface area contributed by atoms with E-state index in [0.29, 0.717) is 12.3 Å². The van der Waals surface area contributed by atoms with Gasteiger partial charge in [-0.2, -0.15) is 0 Å². The Labute approximate surface area is 169 Å². The fourth-order valence-corrected chi connectivity index (χ4v) is 2.88. The van der Waals surface area contributed by atoms with Gasteiger partial charge in [-0.1, -0.05) is 60.7 Å². The van der Waals surface area contributed by atoms with Gasteiger partial charge in [-0.25, -0.2) is 9.18 Å². The SMILES string of the molecule is COc1ccccc1CNC(=O)NC(COc1ccccc1F)c1ccccc1. The average molecular weight is 394 g/mol. The molecule has 0 aliphatic heterocycles. The van der Waals surface area contributed by atoms with Crippen molar-refractivity contribution in [2.75, 3.05) is 13.7 Å². The third-order valence-corrected chi connectivity index (χ3v) is 4.38. The summed E-state index contributed by atoms with van der Waals surface area (Å²) < 4.78 is 24.8. The smallest absolute Gasteiger partial charge is 0.315 e. The Hall–Kier alpha value is -3.54. The van der Waals surface area contributed by atoms with Crippen LogP contribution in [0.4, 0.5) is 9.18 Å². The highest BCUT2D eigenvalue weighted by Gasteiger charge is 2.16. The van der Waals surface area contributed by atoms with E-state index in [9.17, 15) is 9.18 Å². The second-order valence-corrected chi connectivity index (χ2v) is 6.34. The molecule has 6 heteroatoms. The Morgan fingerprint density at radius 1 is 0.931 bits per heavy atom. The molecule has 0 bridgehead atoms. The molecule has 3 aromatic rings. The van der Waals surface area contributed by atoms with Gasteiger partial charge >= 0.3 is 6.03 Å². The highest BCUT2D eigenvalue weighted by molar-refractivity contribution is 5.74. The van der Waals surface area contributed by atoms with Crippen LogP contribution in [0.5, 0.6) is 11.5 Å². The molecule has 0 radical (unpaired) electrons. The van der Waals surface area contributed by atoms with Crippen LogP contribution >= 0.6 is 0 Å². The lowest BCUT2D eigenvalue weighted by atomic mass is 10.1. The van der Waals surface area contributed by atoms with Crippen LogP contribution in [0.3, 0.4) is 0 Å². The molecule has 2 amide bonds. The van der Waals surface area contributed by atoms with Crippen LogP contribution in [-0.4, -0.2) is 19.7 Å². The quantitative estimate of drug-likeness (QED) is 0.593. The number of carbonyl (C=O) groups excluding carboxylic acids is 1. The number of methoxy groups -OCH3 is 1. The van der Waals surface area contributed by atoms with Gasteiger partial charge in [0.2, 0.25) is 0 Å². The molecule has 1 atom stereocenters. The van der Waals surface area contributed by atoms with Crippen molar-refractivity contribution in [2.45, 2.75) is 12.6 Å². The summed E-state index contributed by atoms with van der Waals surface area (Å²) in [5, 5.41) is 5.72. The molecule has 3 rings (SSSR count). The molecular weight excluding hydrogens is 371 g/mol. The molecule has 0 aliphatic carbocycles. The molecule has 0 aliphatic rings. The zero-order valence-electron chi connectivity index (χ0n) is 16.1. The Morgan fingerprint density at radius 3 is 2.31 bits per heavy atom. The molecule has 0 heterocycles. The number of halogens is 1. The third-order valence-electron chi connectivity index (χ3n) is 4.38. The number of amides is 2. The zero-order valence-corrected chi connectivity index (χ0v) is 16.1. The Morgan fingerprint density at radius 2 is 1.59 bits per heavy atom. The van der Waals surface area contributed by atoms with Gasteiger partial charge in [0.25, 0.3) is 0 Å². The van der Waals surface area contributed by atoms with E-state index >= 15 is 0 Å². The first-order chi connectivity index (χ1) is 14.2. The summed E-state index contributed by atoms with van der Waals surface area (Å²) in [6.07, 6.45) is 0. The van der Waals surface area contributed by atoms with Crippen LogP contribution in [0.1, 0.15) is 17.2 Å². The molecule has 5 nitrogen and oxygen atoms in total.